The lowest BCUT2D eigenvalue weighted by Gasteiger charge is -2.33. The molecule has 0 aliphatic heterocycles. The summed E-state index contributed by atoms with van der Waals surface area (Å²) >= 11 is 0. The normalized spacial score (nSPS) is 21.3. The van der Waals surface area contributed by atoms with Crippen LogP contribution in [0.2, 0.25) is 0 Å². The summed E-state index contributed by atoms with van der Waals surface area (Å²) in [5.74, 6) is 0.720. The standard InChI is InChI=1S/C17H19NO2/c1-2-20-16-9-15(11-18-12-16)17(19)8-7-13-5-3-4-6-14(13)10-17/h3-6,9,11-12,19H,2,7-8,10H2,1H3. The Morgan fingerprint density at radius 2 is 2.05 bits per heavy atom. The highest BCUT2D eigenvalue weighted by atomic mass is 16.5. The van der Waals surface area contributed by atoms with Crippen molar-refractivity contribution in [2.75, 3.05) is 6.61 Å². The summed E-state index contributed by atoms with van der Waals surface area (Å²) < 4.78 is 5.48. The van der Waals surface area contributed by atoms with Gasteiger partial charge in [0, 0.05) is 18.2 Å². The second-order valence-electron chi connectivity index (χ2n) is 5.32. The minimum absolute atomic E-state index is 0.604. The van der Waals surface area contributed by atoms with E-state index in [0.29, 0.717) is 13.0 Å². The van der Waals surface area contributed by atoms with Crippen molar-refractivity contribution < 1.29 is 9.84 Å². The van der Waals surface area contributed by atoms with Gasteiger partial charge >= 0.3 is 0 Å². The number of fused-ring (bicyclic) bond motifs is 1. The molecule has 1 aromatic carbocycles. The van der Waals surface area contributed by atoms with Gasteiger partial charge in [0.15, 0.2) is 0 Å². The van der Waals surface area contributed by atoms with Crippen molar-refractivity contribution in [2.45, 2.75) is 31.8 Å². The molecule has 0 saturated heterocycles. The molecule has 0 fully saturated rings. The second kappa shape index (κ2) is 5.25. The number of benzene rings is 1. The maximum atomic E-state index is 11.0. The van der Waals surface area contributed by atoms with E-state index in [9.17, 15) is 5.11 Å². The molecular weight excluding hydrogens is 250 g/mol. The van der Waals surface area contributed by atoms with Crippen molar-refractivity contribution in [1.29, 1.82) is 0 Å². The third kappa shape index (κ3) is 2.41. The molecule has 1 atom stereocenters. The fraction of sp³-hybridized carbons (Fsp3) is 0.353. The van der Waals surface area contributed by atoms with Crippen LogP contribution in [0.4, 0.5) is 0 Å². The molecule has 0 spiro atoms. The van der Waals surface area contributed by atoms with E-state index in [-0.39, 0.29) is 0 Å². The predicted octanol–water partition coefficient (Wildman–Crippen LogP) is 2.86. The first-order valence-electron chi connectivity index (χ1n) is 7.09. The first-order chi connectivity index (χ1) is 9.71. The quantitative estimate of drug-likeness (QED) is 0.931. The van der Waals surface area contributed by atoms with E-state index in [1.54, 1.807) is 12.4 Å². The van der Waals surface area contributed by atoms with Crippen molar-refractivity contribution in [1.82, 2.24) is 4.98 Å². The highest BCUT2D eigenvalue weighted by Crippen LogP contribution is 2.37. The van der Waals surface area contributed by atoms with Gasteiger partial charge in [-0.2, -0.15) is 0 Å². The number of aliphatic hydroxyl groups is 1. The van der Waals surface area contributed by atoms with Gasteiger partial charge in [-0.1, -0.05) is 24.3 Å². The Labute approximate surface area is 119 Å². The number of aromatic nitrogens is 1. The van der Waals surface area contributed by atoms with E-state index in [1.165, 1.54) is 11.1 Å². The van der Waals surface area contributed by atoms with Crippen LogP contribution in [-0.2, 0) is 18.4 Å². The largest absolute Gasteiger partial charge is 0.492 e. The van der Waals surface area contributed by atoms with Crippen LogP contribution in [0.3, 0.4) is 0 Å². The first-order valence-corrected chi connectivity index (χ1v) is 7.09. The molecule has 3 rings (SSSR count). The molecule has 1 unspecified atom stereocenters. The summed E-state index contributed by atoms with van der Waals surface area (Å²) in [5, 5.41) is 11.0. The topological polar surface area (TPSA) is 42.4 Å². The molecule has 1 aliphatic carbocycles. The fourth-order valence-electron chi connectivity index (χ4n) is 2.88. The maximum Gasteiger partial charge on any atom is 0.137 e. The highest BCUT2D eigenvalue weighted by Gasteiger charge is 2.34. The lowest BCUT2D eigenvalue weighted by molar-refractivity contribution is 0.0217. The highest BCUT2D eigenvalue weighted by molar-refractivity contribution is 5.36. The van der Waals surface area contributed by atoms with Crippen molar-refractivity contribution >= 4 is 0 Å². The van der Waals surface area contributed by atoms with Gasteiger partial charge < -0.3 is 9.84 Å². The van der Waals surface area contributed by atoms with E-state index in [4.69, 9.17) is 4.74 Å². The van der Waals surface area contributed by atoms with Gasteiger partial charge in [0.05, 0.1) is 18.4 Å². The molecule has 1 heterocycles. The fourth-order valence-corrected chi connectivity index (χ4v) is 2.88. The molecule has 0 bridgehead atoms. The molecule has 1 N–H and O–H groups in total. The van der Waals surface area contributed by atoms with Gasteiger partial charge in [0.2, 0.25) is 0 Å². The number of hydrogen-bond acceptors (Lipinski definition) is 3. The van der Waals surface area contributed by atoms with Crippen LogP contribution < -0.4 is 4.74 Å². The molecule has 0 radical (unpaired) electrons. The third-order valence-corrected chi connectivity index (χ3v) is 3.97. The summed E-state index contributed by atoms with van der Waals surface area (Å²) in [7, 11) is 0. The zero-order chi connectivity index (χ0) is 14.0. The Morgan fingerprint density at radius 1 is 1.25 bits per heavy atom. The van der Waals surface area contributed by atoms with Crippen LogP contribution in [0.25, 0.3) is 0 Å². The zero-order valence-corrected chi connectivity index (χ0v) is 11.7. The molecule has 3 nitrogen and oxygen atoms in total. The number of rotatable bonds is 3. The molecule has 104 valence electrons. The Bertz CT molecular complexity index is 611. The van der Waals surface area contributed by atoms with E-state index >= 15 is 0 Å². The first kappa shape index (κ1) is 13.1. The van der Waals surface area contributed by atoms with Gasteiger partial charge in [0.25, 0.3) is 0 Å². The van der Waals surface area contributed by atoms with Gasteiger partial charge in [-0.3, -0.25) is 4.98 Å². The summed E-state index contributed by atoms with van der Waals surface area (Å²) in [6, 6.07) is 10.2. The Kier molecular flexibility index (Phi) is 3.45. The van der Waals surface area contributed by atoms with E-state index < -0.39 is 5.60 Å². The van der Waals surface area contributed by atoms with Crippen LogP contribution in [0.5, 0.6) is 5.75 Å². The number of ether oxygens (including phenoxy) is 1. The number of nitrogens with zero attached hydrogens (tertiary/aromatic N) is 1. The summed E-state index contributed by atoms with van der Waals surface area (Å²) in [6.07, 6.45) is 5.69. The molecule has 20 heavy (non-hydrogen) atoms. The van der Waals surface area contributed by atoms with Gasteiger partial charge in [-0.25, -0.2) is 0 Å². The van der Waals surface area contributed by atoms with Crippen molar-refractivity contribution in [2.24, 2.45) is 0 Å². The number of pyridine rings is 1. The molecule has 0 saturated carbocycles. The Balaban J connectivity index is 1.92. The van der Waals surface area contributed by atoms with Crippen LogP contribution in [0, 0.1) is 0 Å². The SMILES string of the molecule is CCOc1cncc(C2(O)CCc3ccccc3C2)c1. The predicted molar refractivity (Wildman–Crippen MR) is 77.8 cm³/mol. The van der Waals surface area contributed by atoms with Gasteiger partial charge in [-0.15, -0.1) is 0 Å². The van der Waals surface area contributed by atoms with Crippen molar-refractivity contribution in [3.05, 3.63) is 59.4 Å². The molecule has 1 aliphatic rings. The van der Waals surface area contributed by atoms with E-state index in [0.717, 1.165) is 24.2 Å². The van der Waals surface area contributed by atoms with E-state index in [2.05, 4.69) is 23.2 Å². The molecule has 1 aromatic heterocycles. The third-order valence-electron chi connectivity index (χ3n) is 3.97. The van der Waals surface area contributed by atoms with Crippen LogP contribution in [0.1, 0.15) is 30.0 Å². The lowest BCUT2D eigenvalue weighted by Crippen LogP contribution is -2.33. The molecule has 3 heteroatoms. The van der Waals surface area contributed by atoms with Crippen molar-refractivity contribution in [3.63, 3.8) is 0 Å². The van der Waals surface area contributed by atoms with Crippen molar-refractivity contribution in [3.8, 4) is 5.75 Å². The lowest BCUT2D eigenvalue weighted by atomic mass is 9.77. The van der Waals surface area contributed by atoms with Gasteiger partial charge in [0.1, 0.15) is 5.75 Å². The molecule has 0 amide bonds. The molecule has 2 aromatic rings. The van der Waals surface area contributed by atoms with Crippen LogP contribution >= 0.6 is 0 Å². The monoisotopic (exact) mass is 269 g/mol. The van der Waals surface area contributed by atoms with E-state index in [1.807, 2.05) is 19.1 Å². The van der Waals surface area contributed by atoms with Gasteiger partial charge in [-0.05, 0) is 37.0 Å². The smallest absolute Gasteiger partial charge is 0.137 e. The Hall–Kier alpha value is -1.87. The average Bonchev–Trinajstić information content (AvgIpc) is 2.48. The zero-order valence-electron chi connectivity index (χ0n) is 11.7. The number of aryl methyl sites for hydroxylation is 1. The minimum atomic E-state index is -0.839. The average molecular weight is 269 g/mol. The second-order valence-corrected chi connectivity index (χ2v) is 5.32. The van der Waals surface area contributed by atoms with Crippen LogP contribution in [-0.4, -0.2) is 16.7 Å². The Morgan fingerprint density at radius 3 is 2.85 bits per heavy atom. The summed E-state index contributed by atoms with van der Waals surface area (Å²) in [5.41, 5.74) is 2.57. The minimum Gasteiger partial charge on any atom is -0.492 e. The molecular formula is C17H19NO2. The summed E-state index contributed by atoms with van der Waals surface area (Å²) in [6.45, 7) is 2.55. The van der Waals surface area contributed by atoms with Crippen LogP contribution in [0.15, 0.2) is 42.7 Å². The number of hydrogen-bond donors (Lipinski definition) is 1. The maximum absolute atomic E-state index is 11.0. The summed E-state index contributed by atoms with van der Waals surface area (Å²) in [4.78, 5) is 4.19.